The number of anilines is 2. The van der Waals surface area contributed by atoms with Crippen LogP contribution < -0.4 is 10.2 Å². The van der Waals surface area contributed by atoms with Crippen molar-refractivity contribution in [3.05, 3.63) is 55.0 Å². The Kier molecular flexibility index (Phi) is 3.78. The van der Waals surface area contributed by atoms with Gasteiger partial charge in [0.15, 0.2) is 17.5 Å². The summed E-state index contributed by atoms with van der Waals surface area (Å²) in [4.78, 5) is 14.8. The molecular weight excluding hydrogens is 309 g/mol. The molecule has 4 rings (SSSR count). The second kappa shape index (κ2) is 6.23. The van der Waals surface area contributed by atoms with Gasteiger partial charge in [-0.1, -0.05) is 0 Å². The Hall–Kier alpha value is -3.03. The Balaban J connectivity index is 1.45. The van der Waals surface area contributed by atoms with E-state index >= 15 is 0 Å². The van der Waals surface area contributed by atoms with Gasteiger partial charge in [-0.2, -0.15) is 5.10 Å². The fraction of sp³-hybridized carbons (Fsp3) is 0.250. The van der Waals surface area contributed by atoms with Crippen molar-refractivity contribution in [1.29, 1.82) is 0 Å². The second-order valence-corrected chi connectivity index (χ2v) is 5.60. The molecule has 1 saturated heterocycles. The SMILES string of the molecule is Fc1cccnc1N1CCC(Nc2cncc(-n3cccn3)n2)C1. The summed E-state index contributed by atoms with van der Waals surface area (Å²) in [5.74, 6) is 1.43. The van der Waals surface area contributed by atoms with Gasteiger partial charge in [0.2, 0.25) is 0 Å². The Morgan fingerprint density at radius 3 is 3.00 bits per heavy atom. The third kappa shape index (κ3) is 2.90. The van der Waals surface area contributed by atoms with Crippen molar-refractivity contribution in [1.82, 2.24) is 24.7 Å². The molecule has 0 spiro atoms. The molecule has 0 amide bonds. The largest absolute Gasteiger partial charge is 0.364 e. The molecule has 0 radical (unpaired) electrons. The number of pyridine rings is 1. The van der Waals surface area contributed by atoms with E-state index in [4.69, 9.17) is 0 Å². The Labute approximate surface area is 138 Å². The predicted octanol–water partition coefficient (Wildman–Crippen LogP) is 1.89. The minimum Gasteiger partial charge on any atom is -0.364 e. The average Bonchev–Trinajstić information content (AvgIpc) is 3.27. The highest BCUT2D eigenvalue weighted by Gasteiger charge is 2.25. The molecule has 1 N–H and O–H groups in total. The van der Waals surface area contributed by atoms with Crippen molar-refractivity contribution >= 4 is 11.6 Å². The van der Waals surface area contributed by atoms with E-state index in [1.807, 2.05) is 17.2 Å². The summed E-state index contributed by atoms with van der Waals surface area (Å²) in [6.07, 6.45) is 9.33. The Morgan fingerprint density at radius 2 is 2.17 bits per heavy atom. The molecule has 4 heterocycles. The van der Waals surface area contributed by atoms with Crippen molar-refractivity contribution < 1.29 is 4.39 Å². The first-order valence-electron chi connectivity index (χ1n) is 7.73. The molecule has 1 atom stereocenters. The molecule has 3 aromatic heterocycles. The summed E-state index contributed by atoms with van der Waals surface area (Å²) in [5.41, 5.74) is 0. The predicted molar refractivity (Wildman–Crippen MR) is 87.6 cm³/mol. The van der Waals surface area contributed by atoms with E-state index in [1.54, 1.807) is 35.5 Å². The molecule has 3 aromatic rings. The topological polar surface area (TPSA) is 71.8 Å². The minimum atomic E-state index is -0.293. The van der Waals surface area contributed by atoms with Crippen molar-refractivity contribution in [3.63, 3.8) is 0 Å². The number of nitrogens with one attached hydrogen (secondary N) is 1. The van der Waals surface area contributed by atoms with Gasteiger partial charge in [-0.3, -0.25) is 4.98 Å². The number of hydrogen-bond donors (Lipinski definition) is 1. The van der Waals surface area contributed by atoms with Crippen LogP contribution in [0.4, 0.5) is 16.0 Å². The summed E-state index contributed by atoms with van der Waals surface area (Å²) in [6.45, 7) is 1.42. The van der Waals surface area contributed by atoms with Crippen LogP contribution in [-0.2, 0) is 0 Å². The van der Waals surface area contributed by atoms with Crippen molar-refractivity contribution in [2.45, 2.75) is 12.5 Å². The monoisotopic (exact) mass is 325 g/mol. The lowest BCUT2D eigenvalue weighted by Gasteiger charge is -2.18. The van der Waals surface area contributed by atoms with E-state index < -0.39 is 0 Å². The van der Waals surface area contributed by atoms with Gasteiger partial charge in [-0.05, 0) is 24.6 Å². The number of halogens is 1. The molecule has 0 saturated carbocycles. The van der Waals surface area contributed by atoms with Crippen LogP contribution in [0, 0.1) is 5.82 Å². The highest BCUT2D eigenvalue weighted by Crippen LogP contribution is 2.22. The van der Waals surface area contributed by atoms with Crippen LogP contribution in [0.3, 0.4) is 0 Å². The van der Waals surface area contributed by atoms with Gasteiger partial charge >= 0.3 is 0 Å². The highest BCUT2D eigenvalue weighted by atomic mass is 19.1. The summed E-state index contributed by atoms with van der Waals surface area (Å²) in [6, 6.07) is 5.02. The van der Waals surface area contributed by atoms with E-state index in [0.717, 1.165) is 13.0 Å². The fourth-order valence-corrected chi connectivity index (χ4v) is 2.83. The molecule has 1 aliphatic rings. The molecule has 1 fully saturated rings. The number of nitrogens with zero attached hydrogens (tertiary/aromatic N) is 6. The van der Waals surface area contributed by atoms with E-state index in [-0.39, 0.29) is 11.9 Å². The van der Waals surface area contributed by atoms with Crippen LogP contribution in [0.25, 0.3) is 5.82 Å². The maximum Gasteiger partial charge on any atom is 0.173 e. The lowest BCUT2D eigenvalue weighted by molar-refractivity contribution is 0.615. The van der Waals surface area contributed by atoms with Gasteiger partial charge in [0.25, 0.3) is 0 Å². The lowest BCUT2D eigenvalue weighted by atomic mass is 10.2. The molecule has 7 nitrogen and oxygen atoms in total. The second-order valence-electron chi connectivity index (χ2n) is 5.60. The number of rotatable bonds is 4. The van der Waals surface area contributed by atoms with Crippen LogP contribution in [0.15, 0.2) is 49.2 Å². The zero-order valence-corrected chi connectivity index (χ0v) is 12.9. The molecule has 24 heavy (non-hydrogen) atoms. The molecule has 0 aliphatic carbocycles. The fourth-order valence-electron chi connectivity index (χ4n) is 2.83. The maximum absolute atomic E-state index is 13.8. The first kappa shape index (κ1) is 14.6. The van der Waals surface area contributed by atoms with Gasteiger partial charge in [0.05, 0.1) is 12.4 Å². The van der Waals surface area contributed by atoms with E-state index in [0.29, 0.717) is 24.0 Å². The molecular formula is C16H16FN7. The standard InChI is InChI=1S/C16H16FN7/c17-13-3-1-5-19-16(13)23-8-4-12(11-23)21-14-9-18-10-15(22-14)24-7-2-6-20-24/h1-3,5-7,9-10,12H,4,8,11H2,(H,21,22). The Morgan fingerprint density at radius 1 is 1.21 bits per heavy atom. The van der Waals surface area contributed by atoms with E-state index in [9.17, 15) is 4.39 Å². The molecule has 8 heteroatoms. The van der Waals surface area contributed by atoms with Gasteiger partial charge in [-0.15, -0.1) is 0 Å². The zero-order valence-electron chi connectivity index (χ0n) is 12.9. The lowest BCUT2D eigenvalue weighted by Crippen LogP contribution is -2.27. The average molecular weight is 325 g/mol. The van der Waals surface area contributed by atoms with Crippen LogP contribution in [0.2, 0.25) is 0 Å². The smallest absolute Gasteiger partial charge is 0.173 e. The molecule has 122 valence electrons. The summed E-state index contributed by atoms with van der Waals surface area (Å²) < 4.78 is 15.5. The number of hydrogen-bond acceptors (Lipinski definition) is 6. The van der Waals surface area contributed by atoms with E-state index in [1.165, 1.54) is 6.07 Å². The van der Waals surface area contributed by atoms with Crippen molar-refractivity contribution in [3.8, 4) is 5.82 Å². The van der Waals surface area contributed by atoms with E-state index in [2.05, 4.69) is 25.4 Å². The summed E-state index contributed by atoms with van der Waals surface area (Å²) >= 11 is 0. The van der Waals surface area contributed by atoms with Crippen LogP contribution in [-0.4, -0.2) is 43.9 Å². The first-order chi connectivity index (χ1) is 11.8. The van der Waals surface area contributed by atoms with Gasteiger partial charge in [0, 0.05) is 37.7 Å². The summed E-state index contributed by atoms with van der Waals surface area (Å²) in [7, 11) is 0. The molecule has 1 aliphatic heterocycles. The molecule has 0 aromatic carbocycles. The van der Waals surface area contributed by atoms with Crippen LogP contribution >= 0.6 is 0 Å². The van der Waals surface area contributed by atoms with Gasteiger partial charge in [0.1, 0.15) is 5.82 Å². The summed E-state index contributed by atoms with van der Waals surface area (Å²) in [5, 5.41) is 7.50. The minimum absolute atomic E-state index is 0.161. The quantitative estimate of drug-likeness (QED) is 0.790. The van der Waals surface area contributed by atoms with Crippen molar-refractivity contribution in [2.75, 3.05) is 23.3 Å². The maximum atomic E-state index is 13.8. The molecule has 0 bridgehead atoms. The molecule has 1 unspecified atom stereocenters. The van der Waals surface area contributed by atoms with Crippen LogP contribution in [0.5, 0.6) is 0 Å². The third-order valence-electron chi connectivity index (χ3n) is 3.94. The highest BCUT2D eigenvalue weighted by molar-refractivity contribution is 5.44. The number of aromatic nitrogens is 5. The van der Waals surface area contributed by atoms with Gasteiger partial charge in [-0.25, -0.2) is 19.0 Å². The Bertz CT molecular complexity index is 821. The van der Waals surface area contributed by atoms with Crippen LogP contribution in [0.1, 0.15) is 6.42 Å². The first-order valence-corrected chi connectivity index (χ1v) is 7.73. The third-order valence-corrected chi connectivity index (χ3v) is 3.94. The zero-order chi connectivity index (χ0) is 16.4. The van der Waals surface area contributed by atoms with Gasteiger partial charge < -0.3 is 10.2 Å². The normalized spacial score (nSPS) is 17.2. The van der Waals surface area contributed by atoms with Crippen molar-refractivity contribution in [2.24, 2.45) is 0 Å².